The summed E-state index contributed by atoms with van der Waals surface area (Å²) >= 11 is 5.97. The second kappa shape index (κ2) is 8.80. The number of aromatic nitrogens is 2. The van der Waals surface area contributed by atoms with E-state index in [9.17, 15) is 4.79 Å². The van der Waals surface area contributed by atoms with Crippen LogP contribution in [0.2, 0.25) is 5.02 Å². The molecule has 1 amide bonds. The number of nitrogens with zero attached hydrogens (tertiary/aromatic N) is 2. The van der Waals surface area contributed by atoms with E-state index in [4.69, 9.17) is 16.3 Å². The van der Waals surface area contributed by atoms with Crippen LogP contribution in [0.3, 0.4) is 0 Å². The molecule has 0 saturated carbocycles. The molecule has 0 aliphatic rings. The number of ether oxygens (including phenoxy) is 1. The summed E-state index contributed by atoms with van der Waals surface area (Å²) in [6, 6.07) is 22.0. The van der Waals surface area contributed by atoms with Gasteiger partial charge < -0.3 is 15.4 Å². The van der Waals surface area contributed by atoms with Crippen molar-refractivity contribution in [3.05, 3.63) is 83.6 Å². The minimum atomic E-state index is -0.424. The van der Waals surface area contributed by atoms with Crippen molar-refractivity contribution in [3.63, 3.8) is 0 Å². The number of hydrogen-bond donors (Lipinski definition) is 2. The van der Waals surface area contributed by atoms with Gasteiger partial charge in [-0.3, -0.25) is 4.79 Å². The highest BCUT2D eigenvalue weighted by atomic mass is 35.5. The van der Waals surface area contributed by atoms with E-state index in [1.54, 1.807) is 24.3 Å². The zero-order valence-corrected chi connectivity index (χ0v) is 17.0. The molecular formula is C23H19ClN4O2. The van der Waals surface area contributed by atoms with Gasteiger partial charge in [-0.2, -0.15) is 0 Å². The molecule has 0 unspecified atom stereocenters. The smallest absolute Gasteiger partial charge is 0.293 e. The number of halogens is 1. The quantitative estimate of drug-likeness (QED) is 0.421. The van der Waals surface area contributed by atoms with E-state index in [0.717, 1.165) is 11.1 Å². The summed E-state index contributed by atoms with van der Waals surface area (Å²) in [5.74, 6) is 0.753. The van der Waals surface area contributed by atoms with E-state index < -0.39 is 5.91 Å². The fourth-order valence-corrected chi connectivity index (χ4v) is 3.10. The molecule has 6 nitrogen and oxygen atoms in total. The van der Waals surface area contributed by atoms with Crippen molar-refractivity contribution in [2.45, 2.75) is 6.92 Å². The predicted molar refractivity (Wildman–Crippen MR) is 120 cm³/mol. The molecule has 7 heteroatoms. The van der Waals surface area contributed by atoms with Crippen molar-refractivity contribution in [1.29, 1.82) is 0 Å². The monoisotopic (exact) mass is 418 g/mol. The number of carbonyl (C=O) groups is 1. The van der Waals surface area contributed by atoms with E-state index in [0.29, 0.717) is 34.4 Å². The van der Waals surface area contributed by atoms with Crippen LogP contribution in [-0.2, 0) is 0 Å². The van der Waals surface area contributed by atoms with E-state index in [2.05, 4.69) is 20.6 Å². The first-order valence-corrected chi connectivity index (χ1v) is 9.84. The van der Waals surface area contributed by atoms with Crippen LogP contribution in [0.15, 0.2) is 72.8 Å². The van der Waals surface area contributed by atoms with Gasteiger partial charge in [0, 0.05) is 16.1 Å². The molecule has 0 spiro atoms. The Morgan fingerprint density at radius 3 is 2.50 bits per heavy atom. The van der Waals surface area contributed by atoms with Crippen molar-refractivity contribution in [2.75, 3.05) is 17.2 Å². The number of fused-ring (bicyclic) bond motifs is 1. The highest BCUT2D eigenvalue weighted by Gasteiger charge is 2.16. The van der Waals surface area contributed by atoms with Crippen LogP contribution in [0.25, 0.3) is 10.9 Å². The number of anilines is 3. The molecule has 0 atom stereocenters. The van der Waals surface area contributed by atoms with Gasteiger partial charge in [-0.05, 0) is 55.5 Å². The number of hydrogen-bond acceptors (Lipinski definition) is 5. The fraction of sp³-hybridized carbons (Fsp3) is 0.0870. The molecule has 0 aliphatic carbocycles. The average Bonchev–Trinajstić information content (AvgIpc) is 2.77. The summed E-state index contributed by atoms with van der Waals surface area (Å²) in [5.41, 5.74) is 2.02. The molecule has 1 aromatic heterocycles. The zero-order chi connectivity index (χ0) is 20.9. The SMILES string of the molecule is CCOc1ccccc1NC(=O)c1nc(Nc2ccc(Cl)cc2)c2ccccc2n1. The lowest BCUT2D eigenvalue weighted by atomic mass is 10.2. The molecule has 2 N–H and O–H groups in total. The summed E-state index contributed by atoms with van der Waals surface area (Å²) < 4.78 is 5.58. The van der Waals surface area contributed by atoms with E-state index >= 15 is 0 Å². The number of rotatable bonds is 6. The predicted octanol–water partition coefficient (Wildman–Crippen LogP) is 5.68. The summed E-state index contributed by atoms with van der Waals surface area (Å²) in [6.07, 6.45) is 0. The largest absolute Gasteiger partial charge is 0.492 e. The van der Waals surface area contributed by atoms with Gasteiger partial charge in [-0.25, -0.2) is 9.97 Å². The van der Waals surface area contributed by atoms with Gasteiger partial charge in [-0.1, -0.05) is 35.9 Å². The van der Waals surface area contributed by atoms with Crippen LogP contribution in [0.5, 0.6) is 5.75 Å². The number of amides is 1. The van der Waals surface area contributed by atoms with Crippen molar-refractivity contribution < 1.29 is 9.53 Å². The highest BCUT2D eigenvalue weighted by molar-refractivity contribution is 6.30. The molecule has 0 bridgehead atoms. The van der Waals surface area contributed by atoms with Gasteiger partial charge in [0.2, 0.25) is 5.82 Å². The van der Waals surface area contributed by atoms with Gasteiger partial charge in [0.15, 0.2) is 0 Å². The first kappa shape index (κ1) is 19.7. The van der Waals surface area contributed by atoms with Crippen LogP contribution in [0, 0.1) is 0 Å². The molecule has 0 saturated heterocycles. The Balaban J connectivity index is 1.69. The standard InChI is InChI=1S/C23H19ClN4O2/c1-2-30-20-10-6-5-9-19(20)27-23(29)22-26-18-8-4-3-7-17(18)21(28-22)25-16-13-11-15(24)12-14-16/h3-14H,2H2,1H3,(H,27,29)(H,25,26,28). The molecule has 0 aliphatic heterocycles. The average molecular weight is 419 g/mol. The maximum atomic E-state index is 12.9. The van der Waals surface area contributed by atoms with Gasteiger partial charge >= 0.3 is 0 Å². The minimum absolute atomic E-state index is 0.0523. The Morgan fingerprint density at radius 1 is 0.967 bits per heavy atom. The number of carbonyl (C=O) groups excluding carboxylic acids is 1. The second-order valence-corrected chi connectivity index (χ2v) is 6.86. The summed E-state index contributed by atoms with van der Waals surface area (Å²) in [5, 5.41) is 7.54. The molecule has 4 aromatic rings. The van der Waals surface area contributed by atoms with Crippen molar-refractivity contribution >= 4 is 45.6 Å². The van der Waals surface area contributed by atoms with Gasteiger partial charge in [0.1, 0.15) is 11.6 Å². The second-order valence-electron chi connectivity index (χ2n) is 6.43. The van der Waals surface area contributed by atoms with Crippen molar-refractivity contribution in [3.8, 4) is 5.75 Å². The van der Waals surface area contributed by atoms with Crippen molar-refractivity contribution in [2.24, 2.45) is 0 Å². The maximum Gasteiger partial charge on any atom is 0.293 e. The third kappa shape index (κ3) is 4.34. The number of para-hydroxylation sites is 3. The lowest BCUT2D eigenvalue weighted by Gasteiger charge is -2.13. The third-order valence-electron chi connectivity index (χ3n) is 4.35. The van der Waals surface area contributed by atoms with Gasteiger partial charge in [0.05, 0.1) is 17.8 Å². The van der Waals surface area contributed by atoms with Crippen LogP contribution >= 0.6 is 11.6 Å². The van der Waals surface area contributed by atoms with Crippen LogP contribution < -0.4 is 15.4 Å². The van der Waals surface area contributed by atoms with Crippen molar-refractivity contribution in [1.82, 2.24) is 9.97 Å². The lowest BCUT2D eigenvalue weighted by Crippen LogP contribution is -2.17. The molecule has 3 aromatic carbocycles. The normalized spacial score (nSPS) is 10.6. The Hall–Kier alpha value is -3.64. The van der Waals surface area contributed by atoms with Gasteiger partial charge in [0.25, 0.3) is 5.91 Å². The topological polar surface area (TPSA) is 76.1 Å². The molecule has 0 radical (unpaired) electrons. The lowest BCUT2D eigenvalue weighted by molar-refractivity contribution is 0.101. The Kier molecular flexibility index (Phi) is 5.77. The Labute approximate surface area is 178 Å². The molecule has 150 valence electrons. The third-order valence-corrected chi connectivity index (χ3v) is 4.60. The summed E-state index contributed by atoms with van der Waals surface area (Å²) in [6.45, 7) is 2.38. The maximum absolute atomic E-state index is 12.9. The molecular weight excluding hydrogens is 400 g/mol. The first-order chi connectivity index (χ1) is 14.6. The number of nitrogens with one attached hydrogen (secondary N) is 2. The molecule has 4 rings (SSSR count). The first-order valence-electron chi connectivity index (χ1n) is 9.46. The van der Waals surface area contributed by atoms with E-state index in [-0.39, 0.29) is 5.82 Å². The van der Waals surface area contributed by atoms with Gasteiger partial charge in [-0.15, -0.1) is 0 Å². The van der Waals surface area contributed by atoms with Crippen LogP contribution in [0.1, 0.15) is 17.5 Å². The molecule has 1 heterocycles. The zero-order valence-electron chi connectivity index (χ0n) is 16.2. The fourth-order valence-electron chi connectivity index (χ4n) is 2.97. The van der Waals surface area contributed by atoms with Crippen LogP contribution in [0.4, 0.5) is 17.2 Å². The summed E-state index contributed by atoms with van der Waals surface area (Å²) in [7, 11) is 0. The Morgan fingerprint density at radius 2 is 1.70 bits per heavy atom. The minimum Gasteiger partial charge on any atom is -0.492 e. The van der Waals surface area contributed by atoms with E-state index in [1.165, 1.54) is 0 Å². The van der Waals surface area contributed by atoms with Crippen LogP contribution in [-0.4, -0.2) is 22.5 Å². The molecule has 0 fully saturated rings. The Bertz CT molecular complexity index is 1200. The summed E-state index contributed by atoms with van der Waals surface area (Å²) in [4.78, 5) is 21.8. The highest BCUT2D eigenvalue weighted by Crippen LogP contribution is 2.27. The number of benzene rings is 3. The molecule has 30 heavy (non-hydrogen) atoms. The van der Waals surface area contributed by atoms with E-state index in [1.807, 2.05) is 55.5 Å².